The van der Waals surface area contributed by atoms with Crippen LogP contribution >= 0.6 is 12.4 Å². The summed E-state index contributed by atoms with van der Waals surface area (Å²) in [5.41, 5.74) is 1.32. The van der Waals surface area contributed by atoms with Crippen molar-refractivity contribution in [3.63, 3.8) is 0 Å². The van der Waals surface area contributed by atoms with Crippen molar-refractivity contribution in [3.8, 4) is 0 Å². The molecule has 0 saturated carbocycles. The summed E-state index contributed by atoms with van der Waals surface area (Å²) >= 11 is 0. The quantitative estimate of drug-likeness (QED) is 0.655. The first-order valence-corrected chi connectivity index (χ1v) is 6.35. The molecule has 1 aromatic carbocycles. The molecular formula is C13H17ClN4O2. The number of benzene rings is 1. The monoisotopic (exact) mass is 296 g/mol. The molecule has 0 bridgehead atoms. The standard InChI is InChI=1S/C13H16N4O2.ClH/c18-11-7-14-4-9(11)5-15-13(19)10-3-1-2-8-6-16-17-12(8)10;/h1-3,6,9,11,14,18H,4-5,7H2,(H,15,19)(H,16,17);1H. The number of hydrogen-bond donors (Lipinski definition) is 4. The van der Waals surface area contributed by atoms with Gasteiger partial charge in [0.25, 0.3) is 5.91 Å². The predicted octanol–water partition coefficient (Wildman–Crippen LogP) is 0.295. The number of para-hydroxylation sites is 1. The molecule has 1 aliphatic heterocycles. The summed E-state index contributed by atoms with van der Waals surface area (Å²) in [5, 5.41) is 23.3. The number of aromatic nitrogens is 2. The van der Waals surface area contributed by atoms with Crippen LogP contribution in [0.5, 0.6) is 0 Å². The maximum Gasteiger partial charge on any atom is 0.253 e. The van der Waals surface area contributed by atoms with Crippen LogP contribution in [0.15, 0.2) is 24.4 Å². The third-order valence-corrected chi connectivity index (χ3v) is 3.55. The number of amides is 1. The van der Waals surface area contributed by atoms with Crippen LogP contribution in [0.4, 0.5) is 0 Å². The fourth-order valence-electron chi connectivity index (χ4n) is 2.40. The first-order valence-electron chi connectivity index (χ1n) is 6.35. The molecule has 1 fully saturated rings. The first kappa shape index (κ1) is 14.8. The zero-order valence-electron chi connectivity index (χ0n) is 10.8. The minimum absolute atomic E-state index is 0. The minimum Gasteiger partial charge on any atom is -0.391 e. The lowest BCUT2D eigenvalue weighted by molar-refractivity contribution is 0.0928. The Labute approximate surface area is 122 Å². The summed E-state index contributed by atoms with van der Waals surface area (Å²) in [6, 6.07) is 5.50. The molecule has 3 rings (SSSR count). The van der Waals surface area contributed by atoms with E-state index in [9.17, 15) is 9.90 Å². The number of aromatic amines is 1. The van der Waals surface area contributed by atoms with E-state index in [0.717, 1.165) is 17.4 Å². The highest BCUT2D eigenvalue weighted by atomic mass is 35.5. The van der Waals surface area contributed by atoms with Crippen LogP contribution in [-0.2, 0) is 0 Å². The third kappa shape index (κ3) is 2.77. The number of nitrogens with one attached hydrogen (secondary N) is 3. The van der Waals surface area contributed by atoms with Crippen molar-refractivity contribution in [1.82, 2.24) is 20.8 Å². The Morgan fingerprint density at radius 3 is 3.05 bits per heavy atom. The highest BCUT2D eigenvalue weighted by molar-refractivity contribution is 6.05. The smallest absolute Gasteiger partial charge is 0.253 e. The zero-order valence-corrected chi connectivity index (χ0v) is 11.6. The first-order chi connectivity index (χ1) is 9.25. The molecule has 1 aliphatic rings. The van der Waals surface area contributed by atoms with Gasteiger partial charge in [-0.3, -0.25) is 9.89 Å². The van der Waals surface area contributed by atoms with E-state index in [-0.39, 0.29) is 30.3 Å². The molecule has 108 valence electrons. The second kappa shape index (κ2) is 6.21. The number of β-amino-alcohol motifs (C(OH)–C–C–N with tert-alkyl or cyclic N) is 1. The summed E-state index contributed by atoms with van der Waals surface area (Å²) < 4.78 is 0. The SMILES string of the molecule is Cl.O=C(NCC1CNCC1O)c1cccc2cn[nH]c12. The maximum absolute atomic E-state index is 12.2. The van der Waals surface area contributed by atoms with Gasteiger partial charge in [0.2, 0.25) is 0 Å². The van der Waals surface area contributed by atoms with Crippen molar-refractivity contribution in [2.75, 3.05) is 19.6 Å². The molecule has 2 unspecified atom stereocenters. The predicted molar refractivity (Wildman–Crippen MR) is 78.0 cm³/mol. The number of hydrogen-bond acceptors (Lipinski definition) is 4. The van der Waals surface area contributed by atoms with E-state index in [0.29, 0.717) is 18.7 Å². The van der Waals surface area contributed by atoms with Gasteiger partial charge in [0, 0.05) is 30.9 Å². The number of fused-ring (bicyclic) bond motifs is 1. The lowest BCUT2D eigenvalue weighted by atomic mass is 10.1. The average molecular weight is 297 g/mol. The van der Waals surface area contributed by atoms with Crippen molar-refractivity contribution in [2.45, 2.75) is 6.10 Å². The lowest BCUT2D eigenvalue weighted by Gasteiger charge is -2.14. The normalized spacial score (nSPS) is 21.6. The number of carbonyl (C=O) groups is 1. The Hall–Kier alpha value is -1.63. The van der Waals surface area contributed by atoms with Gasteiger partial charge in [-0.25, -0.2) is 0 Å². The molecule has 1 aromatic heterocycles. The van der Waals surface area contributed by atoms with Crippen molar-refractivity contribution in [2.24, 2.45) is 5.92 Å². The van der Waals surface area contributed by atoms with Crippen LogP contribution in [0, 0.1) is 5.92 Å². The molecule has 1 amide bonds. The Morgan fingerprint density at radius 2 is 2.30 bits per heavy atom. The Bertz CT molecular complexity index is 601. The molecule has 4 N–H and O–H groups in total. The number of aliphatic hydroxyl groups is 1. The maximum atomic E-state index is 12.2. The van der Waals surface area contributed by atoms with E-state index in [1.54, 1.807) is 12.3 Å². The highest BCUT2D eigenvalue weighted by Gasteiger charge is 2.25. The molecule has 0 radical (unpaired) electrons. The Morgan fingerprint density at radius 1 is 1.45 bits per heavy atom. The van der Waals surface area contributed by atoms with Gasteiger partial charge < -0.3 is 15.7 Å². The van der Waals surface area contributed by atoms with Crippen LogP contribution in [0.3, 0.4) is 0 Å². The topological polar surface area (TPSA) is 90.0 Å². The summed E-state index contributed by atoms with van der Waals surface area (Å²) in [4.78, 5) is 12.2. The number of nitrogens with zero attached hydrogens (tertiary/aromatic N) is 1. The summed E-state index contributed by atoms with van der Waals surface area (Å²) in [5.74, 6) is -0.0705. The molecule has 0 aliphatic carbocycles. The van der Waals surface area contributed by atoms with Crippen LogP contribution in [0.25, 0.3) is 10.9 Å². The summed E-state index contributed by atoms with van der Waals surface area (Å²) in [6.07, 6.45) is 1.31. The van der Waals surface area contributed by atoms with Gasteiger partial charge in [-0.05, 0) is 6.07 Å². The molecule has 1 saturated heterocycles. The average Bonchev–Trinajstić information content (AvgIpc) is 3.04. The molecular weight excluding hydrogens is 280 g/mol. The van der Waals surface area contributed by atoms with Crippen LogP contribution in [-0.4, -0.2) is 46.9 Å². The van der Waals surface area contributed by atoms with Crippen molar-refractivity contribution in [3.05, 3.63) is 30.0 Å². The number of rotatable bonds is 3. The van der Waals surface area contributed by atoms with Gasteiger partial charge >= 0.3 is 0 Å². The number of halogens is 1. The number of aliphatic hydroxyl groups excluding tert-OH is 1. The van der Waals surface area contributed by atoms with E-state index in [1.165, 1.54) is 0 Å². The summed E-state index contributed by atoms with van der Waals surface area (Å²) in [6.45, 7) is 1.80. The van der Waals surface area contributed by atoms with Gasteiger partial charge in [0.15, 0.2) is 0 Å². The molecule has 2 atom stereocenters. The molecule has 0 spiro atoms. The molecule has 2 aromatic rings. The highest BCUT2D eigenvalue weighted by Crippen LogP contribution is 2.15. The van der Waals surface area contributed by atoms with Gasteiger partial charge in [-0.1, -0.05) is 12.1 Å². The minimum atomic E-state index is -0.386. The van der Waals surface area contributed by atoms with E-state index < -0.39 is 0 Å². The molecule has 2 heterocycles. The van der Waals surface area contributed by atoms with Crippen LogP contribution in [0.1, 0.15) is 10.4 Å². The van der Waals surface area contributed by atoms with Crippen LogP contribution in [0.2, 0.25) is 0 Å². The van der Waals surface area contributed by atoms with E-state index >= 15 is 0 Å². The summed E-state index contributed by atoms with van der Waals surface area (Å²) in [7, 11) is 0. The Balaban J connectivity index is 0.00000147. The van der Waals surface area contributed by atoms with E-state index in [2.05, 4.69) is 20.8 Å². The van der Waals surface area contributed by atoms with Crippen molar-refractivity contribution >= 4 is 29.2 Å². The van der Waals surface area contributed by atoms with Gasteiger partial charge in [-0.2, -0.15) is 5.10 Å². The largest absolute Gasteiger partial charge is 0.391 e. The number of carbonyl (C=O) groups excluding carboxylic acids is 1. The van der Waals surface area contributed by atoms with Crippen molar-refractivity contribution in [1.29, 1.82) is 0 Å². The Kier molecular flexibility index (Phi) is 4.59. The van der Waals surface area contributed by atoms with E-state index in [1.807, 2.05) is 12.1 Å². The molecule has 6 nitrogen and oxygen atoms in total. The van der Waals surface area contributed by atoms with Gasteiger partial charge in [-0.15, -0.1) is 12.4 Å². The third-order valence-electron chi connectivity index (χ3n) is 3.55. The van der Waals surface area contributed by atoms with E-state index in [4.69, 9.17) is 0 Å². The van der Waals surface area contributed by atoms with Crippen LogP contribution < -0.4 is 10.6 Å². The lowest BCUT2D eigenvalue weighted by Crippen LogP contribution is -2.34. The molecule has 7 heteroatoms. The van der Waals surface area contributed by atoms with Gasteiger partial charge in [0.05, 0.1) is 23.4 Å². The van der Waals surface area contributed by atoms with Crippen molar-refractivity contribution < 1.29 is 9.90 Å². The fourth-order valence-corrected chi connectivity index (χ4v) is 2.40. The zero-order chi connectivity index (χ0) is 13.2. The molecule has 20 heavy (non-hydrogen) atoms. The number of H-pyrrole nitrogens is 1. The second-order valence-electron chi connectivity index (χ2n) is 4.84. The second-order valence-corrected chi connectivity index (χ2v) is 4.84. The van der Waals surface area contributed by atoms with Gasteiger partial charge in [0.1, 0.15) is 0 Å². The fraction of sp³-hybridized carbons (Fsp3) is 0.385.